The van der Waals surface area contributed by atoms with Crippen molar-refractivity contribution in [1.82, 2.24) is 44.8 Å². The van der Waals surface area contributed by atoms with Crippen LogP contribution in [0.25, 0.3) is 11.1 Å². The number of fused-ring (bicyclic) bond motifs is 1. The standard InChI is InChI=1S/C33H35F3N12O.ClH/c1-45-19-24(17-41-45)23-7-12-28(37-16-23)48(32(49)39-15-22-5-3-2-4-6-22)26-10-8-25(9-11-26)43-31-38-18-27(33(34,35)36)30(44-31)46-13-14-47-29(20-46)40-21-42-47;/h2-7,12,16-19,21,25-26H,8-11,13-15,20H2,1H3,(H,39,49)(H,38,43,44);1H/t25-,26-;. The molecule has 0 spiro atoms. The van der Waals surface area contributed by atoms with Crippen molar-refractivity contribution in [1.29, 1.82) is 0 Å². The van der Waals surface area contributed by atoms with Crippen LogP contribution in [0.2, 0.25) is 0 Å². The number of benzene rings is 1. The molecule has 1 aliphatic carbocycles. The Labute approximate surface area is 292 Å². The molecule has 50 heavy (non-hydrogen) atoms. The Bertz CT molecular complexity index is 1890. The number of nitrogens with zero attached hydrogens (tertiary/aromatic N) is 10. The van der Waals surface area contributed by atoms with Crippen LogP contribution in [0.5, 0.6) is 0 Å². The zero-order chi connectivity index (χ0) is 34.0. The molecular formula is C33H36ClF3N12O. The van der Waals surface area contributed by atoms with Gasteiger partial charge in [0.1, 0.15) is 29.4 Å². The molecule has 2 amide bonds. The van der Waals surface area contributed by atoms with Crippen molar-refractivity contribution in [2.24, 2.45) is 7.05 Å². The van der Waals surface area contributed by atoms with E-state index in [1.807, 2.05) is 55.7 Å². The third-order valence-electron chi connectivity index (χ3n) is 8.92. The highest BCUT2D eigenvalue weighted by Gasteiger charge is 2.38. The second-order valence-corrected chi connectivity index (χ2v) is 12.2. The lowest BCUT2D eigenvalue weighted by atomic mass is 9.90. The Morgan fingerprint density at radius 3 is 2.44 bits per heavy atom. The molecule has 1 aliphatic heterocycles. The van der Waals surface area contributed by atoms with Gasteiger partial charge in [-0.15, -0.1) is 12.4 Å². The number of alkyl halides is 3. The molecule has 0 atom stereocenters. The minimum atomic E-state index is -4.62. The molecule has 13 nitrogen and oxygen atoms in total. The smallest absolute Gasteiger partial charge is 0.351 e. The molecular weight excluding hydrogens is 673 g/mol. The van der Waals surface area contributed by atoms with Crippen LogP contribution in [0.15, 0.2) is 73.6 Å². The highest BCUT2D eigenvalue weighted by atomic mass is 35.5. The van der Waals surface area contributed by atoms with E-state index in [9.17, 15) is 18.0 Å². The zero-order valence-corrected chi connectivity index (χ0v) is 28.0. The fraction of sp³-hybridized carbons (Fsp3) is 0.364. The van der Waals surface area contributed by atoms with Crippen LogP contribution in [0, 0.1) is 0 Å². The summed E-state index contributed by atoms with van der Waals surface area (Å²) in [6.45, 7) is 1.23. The number of pyridine rings is 1. The summed E-state index contributed by atoms with van der Waals surface area (Å²) >= 11 is 0. The van der Waals surface area contributed by atoms with Gasteiger partial charge in [0.15, 0.2) is 0 Å². The van der Waals surface area contributed by atoms with E-state index in [1.54, 1.807) is 31.6 Å². The third-order valence-corrected chi connectivity index (χ3v) is 8.92. The normalized spacial score (nSPS) is 17.4. The summed E-state index contributed by atoms with van der Waals surface area (Å²) in [5, 5.41) is 14.7. The monoisotopic (exact) mass is 708 g/mol. The Morgan fingerprint density at radius 1 is 0.940 bits per heavy atom. The molecule has 4 aromatic heterocycles. The largest absolute Gasteiger partial charge is 0.421 e. The van der Waals surface area contributed by atoms with Gasteiger partial charge in [-0.1, -0.05) is 30.3 Å². The van der Waals surface area contributed by atoms with E-state index < -0.39 is 11.7 Å². The number of hydrogen-bond acceptors (Lipinski definition) is 9. The van der Waals surface area contributed by atoms with Gasteiger partial charge in [-0.05, 0) is 43.4 Å². The number of rotatable bonds is 8. The third kappa shape index (κ3) is 7.64. The van der Waals surface area contributed by atoms with Crippen LogP contribution in [-0.4, -0.2) is 64.2 Å². The number of carbonyl (C=O) groups is 1. The van der Waals surface area contributed by atoms with E-state index in [1.165, 1.54) is 6.33 Å². The molecule has 2 aliphatic rings. The van der Waals surface area contributed by atoms with Crippen molar-refractivity contribution in [3.8, 4) is 11.1 Å². The summed E-state index contributed by atoms with van der Waals surface area (Å²) in [6.07, 6.45) is 5.59. The highest BCUT2D eigenvalue weighted by molar-refractivity contribution is 5.91. The van der Waals surface area contributed by atoms with Crippen molar-refractivity contribution in [3.63, 3.8) is 0 Å². The average molecular weight is 709 g/mol. The average Bonchev–Trinajstić information content (AvgIpc) is 3.77. The lowest BCUT2D eigenvalue weighted by Crippen LogP contribution is -2.49. The quantitative estimate of drug-likeness (QED) is 0.215. The molecule has 7 rings (SSSR count). The molecule has 5 heterocycles. The Kier molecular flexibility index (Phi) is 10.2. The first-order valence-corrected chi connectivity index (χ1v) is 16.1. The van der Waals surface area contributed by atoms with Crippen LogP contribution in [0.4, 0.5) is 35.5 Å². The zero-order valence-electron chi connectivity index (χ0n) is 27.2. The maximum Gasteiger partial charge on any atom is 0.421 e. The molecule has 1 aromatic carbocycles. The lowest BCUT2D eigenvalue weighted by molar-refractivity contribution is -0.137. The van der Waals surface area contributed by atoms with E-state index in [0.29, 0.717) is 57.0 Å². The van der Waals surface area contributed by atoms with Crippen molar-refractivity contribution in [2.45, 2.75) is 63.6 Å². The second-order valence-electron chi connectivity index (χ2n) is 12.2. The summed E-state index contributed by atoms with van der Waals surface area (Å²) in [5.41, 5.74) is 1.89. The van der Waals surface area contributed by atoms with Crippen molar-refractivity contribution < 1.29 is 18.0 Å². The maximum atomic E-state index is 14.0. The van der Waals surface area contributed by atoms with Gasteiger partial charge in [0, 0.05) is 61.9 Å². The molecule has 0 bridgehead atoms. The van der Waals surface area contributed by atoms with Crippen LogP contribution < -0.4 is 20.4 Å². The van der Waals surface area contributed by atoms with E-state index in [4.69, 9.17) is 0 Å². The first kappa shape index (κ1) is 34.6. The summed E-state index contributed by atoms with van der Waals surface area (Å²) in [6, 6.07) is 12.9. The van der Waals surface area contributed by atoms with E-state index in [2.05, 4.69) is 40.8 Å². The summed E-state index contributed by atoms with van der Waals surface area (Å²) < 4.78 is 45.4. The van der Waals surface area contributed by atoms with Crippen LogP contribution in [-0.2, 0) is 32.9 Å². The first-order valence-electron chi connectivity index (χ1n) is 16.1. The van der Waals surface area contributed by atoms with E-state index >= 15 is 0 Å². The van der Waals surface area contributed by atoms with Gasteiger partial charge in [-0.2, -0.15) is 28.4 Å². The van der Waals surface area contributed by atoms with Crippen LogP contribution >= 0.6 is 12.4 Å². The molecule has 1 saturated carbocycles. The minimum absolute atomic E-state index is 0. The maximum absolute atomic E-state index is 14.0. The van der Waals surface area contributed by atoms with Crippen molar-refractivity contribution >= 4 is 36.0 Å². The Hall–Kier alpha value is -5.25. The van der Waals surface area contributed by atoms with Gasteiger partial charge in [0.2, 0.25) is 5.95 Å². The van der Waals surface area contributed by atoms with E-state index in [0.717, 1.165) is 22.9 Å². The number of carbonyl (C=O) groups excluding carboxylic acids is 1. The number of aryl methyl sites for hydroxylation is 1. The number of aromatic nitrogens is 8. The Balaban J connectivity index is 0.00000432. The topological polar surface area (TPSA) is 135 Å². The molecule has 2 N–H and O–H groups in total. The van der Waals surface area contributed by atoms with Gasteiger partial charge >= 0.3 is 12.2 Å². The van der Waals surface area contributed by atoms with Gasteiger partial charge < -0.3 is 15.5 Å². The van der Waals surface area contributed by atoms with Crippen LogP contribution in [0.3, 0.4) is 0 Å². The molecule has 0 unspecified atom stereocenters. The fourth-order valence-corrected chi connectivity index (χ4v) is 6.37. The lowest BCUT2D eigenvalue weighted by Gasteiger charge is -2.36. The number of urea groups is 1. The van der Waals surface area contributed by atoms with Crippen molar-refractivity contribution in [3.05, 3.63) is 90.5 Å². The minimum Gasteiger partial charge on any atom is -0.351 e. The number of amides is 2. The SMILES string of the molecule is Cl.Cn1cc(-c2ccc(N(C(=O)NCc3ccccc3)[C@H]3CC[C@H](Nc4ncc(C(F)(F)F)c(N5CCn6ncnc6C5)n4)CC3)nc2)cn1. The molecule has 17 heteroatoms. The fourth-order valence-electron chi connectivity index (χ4n) is 6.37. The molecule has 1 fully saturated rings. The van der Waals surface area contributed by atoms with Gasteiger partial charge in [-0.3, -0.25) is 9.58 Å². The number of nitrogens with one attached hydrogen (secondary N) is 2. The predicted molar refractivity (Wildman–Crippen MR) is 183 cm³/mol. The van der Waals surface area contributed by atoms with Gasteiger partial charge in [0.25, 0.3) is 0 Å². The predicted octanol–water partition coefficient (Wildman–Crippen LogP) is 5.46. The Morgan fingerprint density at radius 2 is 1.74 bits per heavy atom. The van der Waals surface area contributed by atoms with E-state index in [-0.39, 0.29) is 48.8 Å². The summed E-state index contributed by atoms with van der Waals surface area (Å²) in [5.74, 6) is 1.05. The summed E-state index contributed by atoms with van der Waals surface area (Å²) in [4.78, 5) is 34.3. The first-order chi connectivity index (χ1) is 23.7. The van der Waals surface area contributed by atoms with Gasteiger partial charge in [-0.25, -0.2) is 24.4 Å². The molecule has 5 aromatic rings. The van der Waals surface area contributed by atoms with Crippen molar-refractivity contribution in [2.75, 3.05) is 21.7 Å². The number of hydrogen-bond donors (Lipinski definition) is 2. The number of halogens is 4. The molecule has 0 saturated heterocycles. The molecule has 0 radical (unpaired) electrons. The highest BCUT2D eigenvalue weighted by Crippen LogP contribution is 2.37. The van der Waals surface area contributed by atoms with Gasteiger partial charge in [0.05, 0.1) is 19.3 Å². The molecule has 262 valence electrons. The second kappa shape index (κ2) is 14.7. The number of anilines is 3. The summed E-state index contributed by atoms with van der Waals surface area (Å²) in [7, 11) is 1.85. The van der Waals surface area contributed by atoms with Crippen LogP contribution in [0.1, 0.15) is 42.6 Å².